The van der Waals surface area contributed by atoms with Crippen LogP contribution in [-0.2, 0) is 4.79 Å². The number of carbonyl (C=O) groups is 1. The molecule has 1 heterocycles. The first-order valence-corrected chi connectivity index (χ1v) is 7.71. The molecule has 3 rings (SSSR count). The topological polar surface area (TPSA) is 32.7 Å². The van der Waals surface area contributed by atoms with Gasteiger partial charge < -0.3 is 4.90 Å². The van der Waals surface area contributed by atoms with E-state index in [1.807, 2.05) is 11.0 Å². The summed E-state index contributed by atoms with van der Waals surface area (Å²) in [6, 6.07) is 8.30. The van der Waals surface area contributed by atoms with Crippen molar-refractivity contribution in [2.45, 2.75) is 39.0 Å². The number of aliphatic imine (C=N–C) groups is 1. The van der Waals surface area contributed by atoms with Crippen LogP contribution >= 0.6 is 0 Å². The van der Waals surface area contributed by atoms with Gasteiger partial charge in [0, 0.05) is 24.7 Å². The first kappa shape index (κ1) is 13.3. The number of amides is 1. The van der Waals surface area contributed by atoms with Crippen LogP contribution in [0.2, 0.25) is 0 Å². The van der Waals surface area contributed by atoms with Gasteiger partial charge in [-0.25, -0.2) is 0 Å². The van der Waals surface area contributed by atoms with Gasteiger partial charge in [-0.1, -0.05) is 18.2 Å². The molecule has 2 atom stereocenters. The van der Waals surface area contributed by atoms with E-state index < -0.39 is 0 Å². The monoisotopic (exact) mass is 270 g/mol. The van der Waals surface area contributed by atoms with E-state index in [1.54, 1.807) is 0 Å². The van der Waals surface area contributed by atoms with E-state index >= 15 is 0 Å². The van der Waals surface area contributed by atoms with Crippen LogP contribution in [0, 0.1) is 5.92 Å². The minimum atomic E-state index is 0.0889. The van der Waals surface area contributed by atoms with E-state index in [2.05, 4.69) is 32.0 Å². The second-order valence-electron chi connectivity index (χ2n) is 5.65. The number of fused-ring (bicyclic) bond motifs is 3. The Balaban J connectivity index is 1.94. The van der Waals surface area contributed by atoms with Crippen molar-refractivity contribution in [3.05, 3.63) is 29.8 Å². The second-order valence-corrected chi connectivity index (χ2v) is 5.65. The quantitative estimate of drug-likeness (QED) is 0.827. The van der Waals surface area contributed by atoms with E-state index in [0.29, 0.717) is 5.91 Å². The van der Waals surface area contributed by atoms with Gasteiger partial charge >= 0.3 is 0 Å². The molecule has 0 N–H and O–H groups in total. The Morgan fingerprint density at radius 3 is 2.80 bits per heavy atom. The van der Waals surface area contributed by atoms with Crippen molar-refractivity contribution in [3.8, 4) is 0 Å². The smallest absolute Gasteiger partial charge is 0.226 e. The van der Waals surface area contributed by atoms with Crippen molar-refractivity contribution in [2.24, 2.45) is 10.9 Å². The van der Waals surface area contributed by atoms with Crippen LogP contribution in [0.1, 0.15) is 44.6 Å². The molecule has 0 radical (unpaired) electrons. The third kappa shape index (κ3) is 2.05. The number of nitrogens with zero attached hydrogens (tertiary/aromatic N) is 2. The number of hydrogen-bond acceptors (Lipinski definition) is 2. The highest BCUT2D eigenvalue weighted by molar-refractivity contribution is 6.02. The lowest BCUT2D eigenvalue weighted by Gasteiger charge is -2.33. The van der Waals surface area contributed by atoms with Gasteiger partial charge in [0.05, 0.1) is 11.6 Å². The Kier molecular flexibility index (Phi) is 3.60. The third-order valence-electron chi connectivity index (χ3n) is 4.64. The Morgan fingerprint density at radius 2 is 2.05 bits per heavy atom. The second kappa shape index (κ2) is 5.39. The van der Waals surface area contributed by atoms with Gasteiger partial charge in [-0.2, -0.15) is 0 Å². The average molecular weight is 270 g/mol. The Morgan fingerprint density at radius 1 is 1.30 bits per heavy atom. The third-order valence-corrected chi connectivity index (χ3v) is 4.64. The van der Waals surface area contributed by atoms with Crippen molar-refractivity contribution < 1.29 is 4.79 Å². The first-order chi connectivity index (χ1) is 9.76. The molecule has 20 heavy (non-hydrogen) atoms. The SMILES string of the molecule is CCN(CC)C(=O)C1CCCC2=Nc3ccccc3C21. The predicted octanol–water partition coefficient (Wildman–Crippen LogP) is 3.52. The van der Waals surface area contributed by atoms with Crippen LogP contribution in [0.3, 0.4) is 0 Å². The first-order valence-electron chi connectivity index (χ1n) is 7.71. The number of benzene rings is 1. The number of rotatable bonds is 3. The molecule has 1 aromatic rings. The number of carbonyl (C=O) groups excluding carboxylic acids is 1. The molecule has 106 valence electrons. The summed E-state index contributed by atoms with van der Waals surface area (Å²) in [6.07, 6.45) is 3.12. The van der Waals surface area contributed by atoms with Crippen molar-refractivity contribution in [1.82, 2.24) is 4.90 Å². The van der Waals surface area contributed by atoms with Crippen LogP contribution in [0.4, 0.5) is 5.69 Å². The van der Waals surface area contributed by atoms with Gasteiger partial charge in [-0.3, -0.25) is 9.79 Å². The maximum absolute atomic E-state index is 12.8. The largest absolute Gasteiger partial charge is 0.343 e. The highest BCUT2D eigenvalue weighted by atomic mass is 16.2. The molecule has 0 aromatic heterocycles. The molecular formula is C17H22N2O. The summed E-state index contributed by atoms with van der Waals surface area (Å²) in [5.41, 5.74) is 3.56. The van der Waals surface area contributed by atoms with Crippen LogP contribution in [-0.4, -0.2) is 29.6 Å². The zero-order chi connectivity index (χ0) is 14.1. The van der Waals surface area contributed by atoms with Crippen LogP contribution in [0.25, 0.3) is 0 Å². The fraction of sp³-hybridized carbons (Fsp3) is 0.529. The molecule has 3 nitrogen and oxygen atoms in total. The Bertz CT molecular complexity index is 546. The van der Waals surface area contributed by atoms with Crippen LogP contribution in [0.5, 0.6) is 0 Å². The van der Waals surface area contributed by atoms with E-state index in [-0.39, 0.29) is 11.8 Å². The van der Waals surface area contributed by atoms with E-state index in [1.165, 1.54) is 11.3 Å². The van der Waals surface area contributed by atoms with E-state index in [4.69, 9.17) is 4.99 Å². The number of para-hydroxylation sites is 1. The summed E-state index contributed by atoms with van der Waals surface area (Å²) in [7, 11) is 0. The predicted molar refractivity (Wildman–Crippen MR) is 81.5 cm³/mol. The van der Waals surface area contributed by atoms with Gasteiger partial charge in [-0.05, 0) is 44.7 Å². The highest BCUT2D eigenvalue weighted by Gasteiger charge is 2.41. The van der Waals surface area contributed by atoms with Crippen LogP contribution in [0.15, 0.2) is 29.3 Å². The molecule has 1 aromatic carbocycles. The van der Waals surface area contributed by atoms with Crippen molar-refractivity contribution in [1.29, 1.82) is 0 Å². The lowest BCUT2D eigenvalue weighted by Crippen LogP contribution is -2.41. The number of hydrogen-bond donors (Lipinski definition) is 0. The van der Waals surface area contributed by atoms with Crippen LogP contribution < -0.4 is 0 Å². The molecule has 2 aliphatic rings. The minimum Gasteiger partial charge on any atom is -0.343 e. The van der Waals surface area contributed by atoms with E-state index in [0.717, 1.165) is 38.0 Å². The van der Waals surface area contributed by atoms with Gasteiger partial charge in [-0.15, -0.1) is 0 Å². The van der Waals surface area contributed by atoms with Gasteiger partial charge in [0.2, 0.25) is 5.91 Å². The molecule has 1 aliphatic heterocycles. The maximum Gasteiger partial charge on any atom is 0.226 e. The molecule has 2 unspecified atom stereocenters. The molecule has 0 spiro atoms. The minimum absolute atomic E-state index is 0.0889. The summed E-state index contributed by atoms with van der Waals surface area (Å²) < 4.78 is 0. The molecular weight excluding hydrogens is 248 g/mol. The highest BCUT2D eigenvalue weighted by Crippen LogP contribution is 2.45. The van der Waals surface area contributed by atoms with Crippen molar-refractivity contribution in [3.63, 3.8) is 0 Å². The molecule has 1 saturated carbocycles. The fourth-order valence-electron chi connectivity index (χ4n) is 3.62. The summed E-state index contributed by atoms with van der Waals surface area (Å²) in [4.78, 5) is 19.5. The van der Waals surface area contributed by atoms with Gasteiger partial charge in [0.1, 0.15) is 0 Å². The summed E-state index contributed by atoms with van der Waals surface area (Å²) in [5, 5.41) is 0. The van der Waals surface area contributed by atoms with Gasteiger partial charge in [0.15, 0.2) is 0 Å². The molecule has 0 bridgehead atoms. The van der Waals surface area contributed by atoms with Crippen molar-refractivity contribution in [2.75, 3.05) is 13.1 Å². The summed E-state index contributed by atoms with van der Waals surface area (Å²) >= 11 is 0. The average Bonchev–Trinajstić information content (AvgIpc) is 2.86. The summed E-state index contributed by atoms with van der Waals surface area (Å²) in [5.74, 6) is 0.628. The Labute approximate surface area is 120 Å². The maximum atomic E-state index is 12.8. The van der Waals surface area contributed by atoms with E-state index in [9.17, 15) is 4.79 Å². The molecule has 1 amide bonds. The fourth-order valence-corrected chi connectivity index (χ4v) is 3.62. The molecule has 0 saturated heterocycles. The lowest BCUT2D eigenvalue weighted by molar-refractivity contribution is -0.135. The summed E-state index contributed by atoms with van der Waals surface area (Å²) in [6.45, 7) is 5.71. The zero-order valence-electron chi connectivity index (χ0n) is 12.3. The van der Waals surface area contributed by atoms with Gasteiger partial charge in [0.25, 0.3) is 0 Å². The lowest BCUT2D eigenvalue weighted by atomic mass is 9.74. The standard InChI is InChI=1S/C17H22N2O/c1-3-19(4-2)17(20)13-9-7-11-15-16(13)12-8-5-6-10-14(12)18-15/h5-6,8,10,13,16H,3-4,7,9,11H2,1-2H3. The Hall–Kier alpha value is -1.64. The normalized spacial score (nSPS) is 23.8. The molecule has 3 heteroatoms. The zero-order valence-corrected chi connectivity index (χ0v) is 12.3. The van der Waals surface area contributed by atoms with Crippen molar-refractivity contribution >= 4 is 17.3 Å². The molecule has 1 aliphatic carbocycles. The molecule has 1 fully saturated rings.